The fraction of sp³-hybridized carbons (Fsp3) is 1.00. The molecule has 70 valence electrons. The molecule has 0 aromatic rings. The first-order valence-electron chi connectivity index (χ1n) is 5.20. The molecule has 1 heterocycles. The molecular formula is C10H20N2. The third-order valence-electron chi connectivity index (χ3n) is 3.33. The molecule has 1 saturated carbocycles. The van der Waals surface area contributed by atoms with Crippen molar-refractivity contribution in [1.29, 1.82) is 0 Å². The SMILES string of the molecule is CN1CC[C@H](N)[C@H](CC2CC2)C1. The lowest BCUT2D eigenvalue weighted by molar-refractivity contribution is 0.173. The van der Waals surface area contributed by atoms with Gasteiger partial charge in [0.15, 0.2) is 0 Å². The van der Waals surface area contributed by atoms with Gasteiger partial charge in [-0.15, -0.1) is 0 Å². The number of nitrogens with zero attached hydrogens (tertiary/aromatic N) is 1. The van der Waals surface area contributed by atoms with Crippen LogP contribution in [0.15, 0.2) is 0 Å². The van der Waals surface area contributed by atoms with E-state index < -0.39 is 0 Å². The second-order valence-electron chi connectivity index (χ2n) is 4.65. The molecule has 2 atom stereocenters. The van der Waals surface area contributed by atoms with Gasteiger partial charge in [0, 0.05) is 12.6 Å². The lowest BCUT2D eigenvalue weighted by Crippen LogP contribution is -2.45. The molecule has 1 aliphatic carbocycles. The van der Waals surface area contributed by atoms with Crippen molar-refractivity contribution in [3.05, 3.63) is 0 Å². The smallest absolute Gasteiger partial charge is 0.00916 e. The van der Waals surface area contributed by atoms with Crippen LogP contribution in [0.2, 0.25) is 0 Å². The Morgan fingerprint density at radius 1 is 1.33 bits per heavy atom. The average Bonchev–Trinajstić information content (AvgIpc) is 2.81. The molecule has 2 heteroatoms. The Kier molecular flexibility index (Phi) is 2.37. The summed E-state index contributed by atoms with van der Waals surface area (Å²) in [5, 5.41) is 0. The Balaban J connectivity index is 1.82. The number of likely N-dealkylation sites (tertiary alicyclic amines) is 1. The number of hydrogen-bond acceptors (Lipinski definition) is 2. The summed E-state index contributed by atoms with van der Waals surface area (Å²) in [4.78, 5) is 2.43. The molecule has 2 N–H and O–H groups in total. The lowest BCUT2D eigenvalue weighted by Gasteiger charge is -2.34. The zero-order valence-corrected chi connectivity index (χ0v) is 8.00. The van der Waals surface area contributed by atoms with E-state index in [1.165, 1.54) is 38.8 Å². The molecule has 2 aliphatic rings. The second kappa shape index (κ2) is 3.35. The fourth-order valence-corrected chi connectivity index (χ4v) is 2.26. The van der Waals surface area contributed by atoms with Crippen molar-refractivity contribution in [1.82, 2.24) is 4.90 Å². The topological polar surface area (TPSA) is 29.3 Å². The first-order chi connectivity index (χ1) is 5.75. The predicted octanol–water partition coefficient (Wildman–Crippen LogP) is 1.07. The van der Waals surface area contributed by atoms with Crippen LogP contribution in [0.5, 0.6) is 0 Å². The van der Waals surface area contributed by atoms with Gasteiger partial charge in [0.1, 0.15) is 0 Å². The Hall–Kier alpha value is -0.0800. The molecule has 12 heavy (non-hydrogen) atoms. The zero-order valence-electron chi connectivity index (χ0n) is 8.00. The van der Waals surface area contributed by atoms with Gasteiger partial charge in [-0.2, -0.15) is 0 Å². The summed E-state index contributed by atoms with van der Waals surface area (Å²) >= 11 is 0. The summed E-state index contributed by atoms with van der Waals surface area (Å²) in [6.07, 6.45) is 5.53. The van der Waals surface area contributed by atoms with Crippen molar-refractivity contribution >= 4 is 0 Å². The highest BCUT2D eigenvalue weighted by Gasteiger charge is 2.31. The van der Waals surface area contributed by atoms with Gasteiger partial charge in [-0.05, 0) is 38.3 Å². The molecule has 0 unspecified atom stereocenters. The predicted molar refractivity (Wildman–Crippen MR) is 50.9 cm³/mol. The summed E-state index contributed by atoms with van der Waals surface area (Å²) in [6, 6.07) is 0.488. The summed E-state index contributed by atoms with van der Waals surface area (Å²) in [5.74, 6) is 1.82. The van der Waals surface area contributed by atoms with Crippen molar-refractivity contribution in [2.45, 2.75) is 31.7 Å². The Labute approximate surface area is 75.1 Å². The van der Waals surface area contributed by atoms with E-state index in [9.17, 15) is 0 Å². The van der Waals surface area contributed by atoms with E-state index >= 15 is 0 Å². The summed E-state index contributed by atoms with van der Waals surface area (Å²) in [6.45, 7) is 2.43. The fourth-order valence-electron chi connectivity index (χ4n) is 2.26. The van der Waals surface area contributed by atoms with Crippen LogP contribution >= 0.6 is 0 Å². The number of hydrogen-bond donors (Lipinski definition) is 1. The van der Waals surface area contributed by atoms with Gasteiger partial charge < -0.3 is 10.6 Å². The van der Waals surface area contributed by atoms with E-state index in [1.807, 2.05) is 0 Å². The summed E-state index contributed by atoms with van der Waals surface area (Å²) < 4.78 is 0. The maximum absolute atomic E-state index is 6.09. The van der Waals surface area contributed by atoms with Crippen LogP contribution in [-0.2, 0) is 0 Å². The number of rotatable bonds is 2. The second-order valence-corrected chi connectivity index (χ2v) is 4.65. The number of nitrogens with two attached hydrogens (primary N) is 1. The van der Waals surface area contributed by atoms with Gasteiger partial charge in [-0.1, -0.05) is 12.8 Å². The Morgan fingerprint density at radius 2 is 2.08 bits per heavy atom. The van der Waals surface area contributed by atoms with Crippen LogP contribution in [0.4, 0.5) is 0 Å². The van der Waals surface area contributed by atoms with Gasteiger partial charge in [-0.3, -0.25) is 0 Å². The molecule has 0 radical (unpaired) electrons. The standard InChI is InChI=1S/C10H20N2/c1-12-5-4-10(11)9(7-12)6-8-2-3-8/h8-10H,2-7,11H2,1H3/t9-,10+/m1/s1. The van der Waals surface area contributed by atoms with Crippen LogP contribution in [-0.4, -0.2) is 31.1 Å². The molecular weight excluding hydrogens is 148 g/mol. The highest BCUT2D eigenvalue weighted by molar-refractivity contribution is 4.86. The number of piperidine rings is 1. The first-order valence-corrected chi connectivity index (χ1v) is 5.20. The summed E-state index contributed by atoms with van der Waals surface area (Å²) in [7, 11) is 2.21. The molecule has 2 rings (SSSR count). The molecule has 0 amide bonds. The maximum Gasteiger partial charge on any atom is 0.00916 e. The monoisotopic (exact) mass is 168 g/mol. The van der Waals surface area contributed by atoms with E-state index in [4.69, 9.17) is 5.73 Å². The molecule has 2 fully saturated rings. The van der Waals surface area contributed by atoms with Crippen molar-refractivity contribution < 1.29 is 0 Å². The highest BCUT2D eigenvalue weighted by atomic mass is 15.1. The van der Waals surface area contributed by atoms with Gasteiger partial charge in [-0.25, -0.2) is 0 Å². The largest absolute Gasteiger partial charge is 0.327 e. The quantitative estimate of drug-likeness (QED) is 0.668. The first kappa shape index (κ1) is 8.52. The maximum atomic E-state index is 6.09. The molecule has 0 spiro atoms. The minimum absolute atomic E-state index is 0.488. The lowest BCUT2D eigenvalue weighted by atomic mass is 9.88. The minimum atomic E-state index is 0.488. The molecule has 0 bridgehead atoms. The molecule has 0 aromatic heterocycles. The van der Waals surface area contributed by atoms with Crippen molar-refractivity contribution in [3.8, 4) is 0 Å². The normalized spacial score (nSPS) is 38.5. The van der Waals surface area contributed by atoms with Crippen molar-refractivity contribution in [2.24, 2.45) is 17.6 Å². The molecule has 1 saturated heterocycles. The van der Waals surface area contributed by atoms with E-state index in [0.29, 0.717) is 6.04 Å². The van der Waals surface area contributed by atoms with Crippen LogP contribution in [0, 0.1) is 11.8 Å². The van der Waals surface area contributed by atoms with E-state index in [0.717, 1.165) is 11.8 Å². The Bertz CT molecular complexity index is 152. The van der Waals surface area contributed by atoms with E-state index in [-0.39, 0.29) is 0 Å². The van der Waals surface area contributed by atoms with Gasteiger partial charge >= 0.3 is 0 Å². The average molecular weight is 168 g/mol. The minimum Gasteiger partial charge on any atom is -0.327 e. The van der Waals surface area contributed by atoms with Crippen LogP contribution < -0.4 is 5.73 Å². The van der Waals surface area contributed by atoms with E-state index in [1.54, 1.807) is 0 Å². The van der Waals surface area contributed by atoms with Crippen LogP contribution in [0.1, 0.15) is 25.7 Å². The van der Waals surface area contributed by atoms with Gasteiger partial charge in [0.2, 0.25) is 0 Å². The molecule has 0 aromatic carbocycles. The Morgan fingerprint density at radius 3 is 2.75 bits per heavy atom. The third-order valence-corrected chi connectivity index (χ3v) is 3.33. The third kappa shape index (κ3) is 1.99. The summed E-state index contributed by atoms with van der Waals surface area (Å²) in [5.41, 5.74) is 6.09. The zero-order chi connectivity index (χ0) is 8.55. The van der Waals surface area contributed by atoms with Crippen LogP contribution in [0.25, 0.3) is 0 Å². The van der Waals surface area contributed by atoms with Crippen molar-refractivity contribution in [2.75, 3.05) is 20.1 Å². The van der Waals surface area contributed by atoms with Crippen LogP contribution in [0.3, 0.4) is 0 Å². The van der Waals surface area contributed by atoms with Gasteiger partial charge in [0.05, 0.1) is 0 Å². The van der Waals surface area contributed by atoms with Gasteiger partial charge in [0.25, 0.3) is 0 Å². The molecule has 2 nitrogen and oxygen atoms in total. The highest BCUT2D eigenvalue weighted by Crippen LogP contribution is 2.37. The molecule has 1 aliphatic heterocycles. The van der Waals surface area contributed by atoms with E-state index in [2.05, 4.69) is 11.9 Å². The van der Waals surface area contributed by atoms with Crippen molar-refractivity contribution in [3.63, 3.8) is 0 Å².